The molecule has 0 fully saturated rings. The monoisotopic (exact) mass is 785 g/mol. The molecule has 0 unspecified atom stereocenters. The Balaban J connectivity index is 1.60. The highest BCUT2D eigenvalue weighted by Gasteiger charge is 2.36. The van der Waals surface area contributed by atoms with Crippen molar-refractivity contribution in [1.82, 2.24) is 19.9 Å². The van der Waals surface area contributed by atoms with Crippen LogP contribution in [-0.4, -0.2) is 69.6 Å². The van der Waals surface area contributed by atoms with Crippen LogP contribution in [0.5, 0.6) is 0 Å². The normalized spacial score (nSPS) is 13.2. The lowest BCUT2D eigenvalue weighted by Crippen LogP contribution is -2.47. The molecule has 0 aliphatic heterocycles. The molecule has 0 radical (unpaired) electrons. The van der Waals surface area contributed by atoms with Crippen molar-refractivity contribution < 1.29 is 36.8 Å². The first-order valence-electron chi connectivity index (χ1n) is 17.2. The minimum atomic E-state index is -3.94. The van der Waals surface area contributed by atoms with Gasteiger partial charge in [0.25, 0.3) is 0 Å². The van der Waals surface area contributed by atoms with Crippen molar-refractivity contribution in [3.05, 3.63) is 102 Å². The van der Waals surface area contributed by atoms with E-state index in [-0.39, 0.29) is 30.8 Å². The summed E-state index contributed by atoms with van der Waals surface area (Å²) < 4.78 is 58.9. The van der Waals surface area contributed by atoms with E-state index in [2.05, 4.69) is 19.9 Å². The zero-order valence-corrected chi connectivity index (χ0v) is 33.0. The zero-order valence-electron chi connectivity index (χ0n) is 30.5. The molecule has 0 amide bonds. The maximum atomic E-state index is 15.0. The van der Waals surface area contributed by atoms with Gasteiger partial charge in [-0.25, -0.2) is 28.3 Å². The summed E-state index contributed by atoms with van der Waals surface area (Å²) in [4.78, 5) is 32.2. The number of nitrogens with zero attached hydrogens (tertiary/aromatic N) is 1. The van der Waals surface area contributed by atoms with Crippen molar-refractivity contribution >= 4 is 45.9 Å². The van der Waals surface area contributed by atoms with E-state index in [0.717, 1.165) is 21.6 Å². The standard InChI is InChI=1S/C37H48N5O8PS2/c1-25(2)49-35(43)32(22-27-12-8-6-9-13-27)41-51(45,42-33(36(44)50-26(3)4)23-28-14-10-7-11-15-28)24-48-21-20-31-34(52-37(38)40-31)29-16-18-30(19-17-29)53(46,47)39-5/h6-19,25-26,32-33,39H,20-24H2,1-5H3,(H2,38,40)(H2,41,42,45)/t32-,33-/m0/s1. The predicted molar refractivity (Wildman–Crippen MR) is 207 cm³/mol. The van der Waals surface area contributed by atoms with Gasteiger partial charge >= 0.3 is 11.9 Å². The summed E-state index contributed by atoms with van der Waals surface area (Å²) in [6.45, 7) is 6.97. The van der Waals surface area contributed by atoms with Gasteiger partial charge in [0.05, 0.1) is 34.3 Å². The SMILES string of the molecule is CNS(=O)(=O)c1ccc(-c2sc(N)nc2CCOCP(=O)(N[C@@H](Cc2ccccc2)C(=O)OC(C)C)N[C@@H](Cc2ccccc2)C(=O)OC(C)C)cc1. The number of carbonyl (C=O) groups is 2. The van der Waals surface area contributed by atoms with Gasteiger partial charge in [-0.1, -0.05) is 84.1 Å². The van der Waals surface area contributed by atoms with Crippen LogP contribution in [0, 0.1) is 0 Å². The molecule has 0 saturated carbocycles. The van der Waals surface area contributed by atoms with E-state index in [1.807, 2.05) is 60.7 Å². The van der Waals surface area contributed by atoms with Gasteiger partial charge in [-0.15, -0.1) is 0 Å². The molecule has 0 saturated heterocycles. The first-order valence-corrected chi connectivity index (χ1v) is 21.4. The fourth-order valence-electron chi connectivity index (χ4n) is 5.34. The summed E-state index contributed by atoms with van der Waals surface area (Å²) in [5.41, 5.74) is 9.03. The molecule has 1 aromatic heterocycles. The fraction of sp³-hybridized carbons (Fsp3) is 0.378. The Labute approximate surface area is 315 Å². The lowest BCUT2D eigenvalue weighted by atomic mass is 10.1. The van der Waals surface area contributed by atoms with E-state index >= 15 is 0 Å². The molecule has 13 nitrogen and oxygen atoms in total. The molecule has 0 aliphatic rings. The molecule has 2 atom stereocenters. The first kappa shape index (κ1) is 41.8. The van der Waals surface area contributed by atoms with E-state index in [1.165, 1.54) is 30.5 Å². The third kappa shape index (κ3) is 12.8. The summed E-state index contributed by atoms with van der Waals surface area (Å²) >= 11 is 1.25. The van der Waals surface area contributed by atoms with Gasteiger partial charge < -0.3 is 19.9 Å². The quantitative estimate of drug-likeness (QED) is 0.0514. The Morgan fingerprint density at radius 2 is 1.30 bits per heavy atom. The number of ether oxygens (including phenoxy) is 3. The van der Waals surface area contributed by atoms with Gasteiger partial charge in [-0.3, -0.25) is 14.2 Å². The Bertz CT molecular complexity index is 1870. The molecule has 4 aromatic rings. The number of nitrogens with one attached hydrogen (secondary N) is 3. The number of nitrogen functional groups attached to an aromatic ring is 1. The van der Waals surface area contributed by atoms with E-state index in [0.29, 0.717) is 10.8 Å². The summed E-state index contributed by atoms with van der Waals surface area (Å²) in [6, 6.07) is 22.8. The Kier molecular flexibility index (Phi) is 15.3. The first-order chi connectivity index (χ1) is 25.2. The third-order valence-corrected chi connectivity index (χ3v) is 12.1. The molecule has 5 N–H and O–H groups in total. The molecule has 53 heavy (non-hydrogen) atoms. The van der Waals surface area contributed by atoms with Crippen LogP contribution in [0.2, 0.25) is 0 Å². The molecular weight excluding hydrogens is 738 g/mol. The van der Waals surface area contributed by atoms with E-state index in [9.17, 15) is 22.6 Å². The van der Waals surface area contributed by atoms with Crippen LogP contribution < -0.4 is 20.6 Å². The number of anilines is 1. The number of hydrogen-bond donors (Lipinski definition) is 4. The number of nitrogens with two attached hydrogens (primary N) is 1. The minimum Gasteiger partial charge on any atom is -0.462 e. The van der Waals surface area contributed by atoms with E-state index < -0.39 is 60.0 Å². The van der Waals surface area contributed by atoms with E-state index in [4.69, 9.17) is 19.9 Å². The van der Waals surface area contributed by atoms with Crippen LogP contribution >= 0.6 is 18.8 Å². The van der Waals surface area contributed by atoms with Crippen LogP contribution in [0.4, 0.5) is 5.13 Å². The Hall–Kier alpha value is -3.95. The molecule has 0 aliphatic carbocycles. The second kappa shape index (κ2) is 19.4. The molecule has 1 heterocycles. The topological polar surface area (TPSA) is 188 Å². The number of thiazole rings is 1. The van der Waals surface area contributed by atoms with Crippen LogP contribution in [-0.2, 0) is 57.7 Å². The summed E-state index contributed by atoms with van der Waals surface area (Å²) in [5.74, 6) is -1.21. The predicted octanol–water partition coefficient (Wildman–Crippen LogP) is 5.32. The van der Waals surface area contributed by atoms with Crippen LogP contribution in [0.3, 0.4) is 0 Å². The number of sulfonamides is 1. The van der Waals surface area contributed by atoms with Gasteiger partial charge in [-0.2, -0.15) is 0 Å². The summed E-state index contributed by atoms with van der Waals surface area (Å²) in [7, 11) is -6.21. The van der Waals surface area contributed by atoms with Crippen molar-refractivity contribution in [2.24, 2.45) is 0 Å². The second-order valence-electron chi connectivity index (χ2n) is 12.8. The smallest absolute Gasteiger partial charge is 0.324 e. The largest absolute Gasteiger partial charge is 0.462 e. The van der Waals surface area contributed by atoms with Gasteiger partial charge in [0.2, 0.25) is 17.5 Å². The maximum Gasteiger partial charge on any atom is 0.324 e. The number of aromatic nitrogens is 1. The van der Waals surface area contributed by atoms with Crippen molar-refractivity contribution in [3.8, 4) is 10.4 Å². The number of rotatable bonds is 20. The number of hydrogen-bond acceptors (Lipinski definition) is 11. The lowest BCUT2D eigenvalue weighted by molar-refractivity contribution is -0.150. The van der Waals surface area contributed by atoms with Gasteiger partial charge in [0.1, 0.15) is 18.4 Å². The highest BCUT2D eigenvalue weighted by atomic mass is 32.2. The average Bonchev–Trinajstić information content (AvgIpc) is 3.50. The highest BCUT2D eigenvalue weighted by Crippen LogP contribution is 2.39. The highest BCUT2D eigenvalue weighted by molar-refractivity contribution is 7.89. The van der Waals surface area contributed by atoms with Gasteiger partial charge in [-0.05, 0) is 76.4 Å². The lowest BCUT2D eigenvalue weighted by Gasteiger charge is -2.29. The molecule has 0 bridgehead atoms. The van der Waals surface area contributed by atoms with Crippen LogP contribution in [0.1, 0.15) is 44.5 Å². The number of esters is 2. The third-order valence-electron chi connectivity index (χ3n) is 7.73. The van der Waals surface area contributed by atoms with Crippen molar-refractivity contribution in [1.29, 1.82) is 0 Å². The van der Waals surface area contributed by atoms with Gasteiger partial charge in [0.15, 0.2) is 5.13 Å². The van der Waals surface area contributed by atoms with Crippen LogP contribution in [0.15, 0.2) is 89.8 Å². The number of carbonyl (C=O) groups excluding carboxylic acids is 2. The molecule has 0 spiro atoms. The van der Waals surface area contributed by atoms with Crippen molar-refractivity contribution in [2.75, 3.05) is 25.7 Å². The summed E-state index contributed by atoms with van der Waals surface area (Å²) in [5, 5.41) is 6.36. The molecule has 286 valence electrons. The molecule has 3 aromatic carbocycles. The molecule has 16 heteroatoms. The Morgan fingerprint density at radius 3 is 1.75 bits per heavy atom. The minimum absolute atomic E-state index is 0.0509. The second-order valence-corrected chi connectivity index (χ2v) is 18.0. The summed E-state index contributed by atoms with van der Waals surface area (Å²) in [6.07, 6.45) is -0.672. The number of benzene rings is 3. The van der Waals surface area contributed by atoms with Gasteiger partial charge in [0, 0.05) is 6.42 Å². The average molecular weight is 786 g/mol. The molecular formula is C37H48N5O8PS2. The molecule has 4 rings (SSSR count). The van der Waals surface area contributed by atoms with Crippen molar-refractivity contribution in [3.63, 3.8) is 0 Å². The Morgan fingerprint density at radius 1 is 0.811 bits per heavy atom. The van der Waals surface area contributed by atoms with Crippen molar-refractivity contribution in [2.45, 2.75) is 76.1 Å². The fourth-order valence-corrected chi connectivity index (χ4v) is 8.96. The van der Waals surface area contributed by atoms with Crippen LogP contribution in [0.25, 0.3) is 10.4 Å². The van der Waals surface area contributed by atoms with E-state index in [1.54, 1.807) is 39.8 Å². The zero-order chi connectivity index (χ0) is 38.6. The maximum absolute atomic E-state index is 15.0.